The number of aromatic nitrogens is 4. The molecular formula is C11H13N5O4S. The molecule has 1 aromatic heterocycles. The van der Waals surface area contributed by atoms with Crippen LogP contribution in [-0.4, -0.2) is 39.3 Å². The molecule has 2 rings (SSSR count). The number of tetrazole rings is 1. The normalized spacial score (nSPS) is 11.5. The second kappa shape index (κ2) is 5.95. The van der Waals surface area contributed by atoms with Crippen molar-refractivity contribution in [2.45, 2.75) is 24.9 Å². The van der Waals surface area contributed by atoms with Crippen LogP contribution >= 0.6 is 0 Å². The standard InChI is InChI=1S/C11H13N5O4S/c1-2-3-8-21(19,20)11-12-13-14-15(11)9-4-6-10(7-5-9)16(17)18/h4-7H,2-3,8H2,1H3. The maximum atomic E-state index is 12.1. The van der Waals surface area contributed by atoms with Gasteiger partial charge in [0, 0.05) is 12.1 Å². The lowest BCUT2D eigenvalue weighted by Gasteiger charge is -2.05. The Morgan fingerprint density at radius 1 is 1.29 bits per heavy atom. The van der Waals surface area contributed by atoms with Gasteiger partial charge >= 0.3 is 0 Å². The highest BCUT2D eigenvalue weighted by atomic mass is 32.2. The Balaban J connectivity index is 2.38. The second-order valence-electron chi connectivity index (χ2n) is 4.32. The first-order valence-corrected chi connectivity index (χ1v) is 7.87. The summed E-state index contributed by atoms with van der Waals surface area (Å²) in [7, 11) is -3.59. The number of nitrogens with zero attached hydrogens (tertiary/aromatic N) is 5. The van der Waals surface area contributed by atoms with Gasteiger partial charge in [0.25, 0.3) is 10.8 Å². The average Bonchev–Trinajstić information content (AvgIpc) is 2.95. The van der Waals surface area contributed by atoms with E-state index in [4.69, 9.17) is 0 Å². The zero-order valence-corrected chi connectivity index (χ0v) is 12.0. The number of nitro benzene ring substituents is 1. The van der Waals surface area contributed by atoms with Crippen LogP contribution < -0.4 is 0 Å². The molecule has 21 heavy (non-hydrogen) atoms. The maximum Gasteiger partial charge on any atom is 0.272 e. The van der Waals surface area contributed by atoms with Crippen molar-refractivity contribution in [3.8, 4) is 5.69 Å². The number of benzene rings is 1. The highest BCUT2D eigenvalue weighted by Gasteiger charge is 2.23. The van der Waals surface area contributed by atoms with Crippen molar-refractivity contribution >= 4 is 15.5 Å². The number of sulfone groups is 1. The molecule has 0 bridgehead atoms. The van der Waals surface area contributed by atoms with Crippen LogP contribution in [0.15, 0.2) is 29.4 Å². The number of non-ortho nitro benzene ring substituents is 1. The molecule has 2 aromatic rings. The first kappa shape index (κ1) is 15.0. The van der Waals surface area contributed by atoms with Crippen LogP contribution in [0.3, 0.4) is 0 Å². The lowest BCUT2D eigenvalue weighted by atomic mass is 10.3. The fourth-order valence-corrected chi connectivity index (χ4v) is 3.09. The van der Waals surface area contributed by atoms with Crippen LogP contribution in [0.4, 0.5) is 5.69 Å². The molecule has 1 heterocycles. The van der Waals surface area contributed by atoms with Crippen LogP contribution in [0.25, 0.3) is 5.69 Å². The molecule has 0 radical (unpaired) electrons. The molecule has 1 aromatic carbocycles. The summed E-state index contributed by atoms with van der Waals surface area (Å²) >= 11 is 0. The van der Waals surface area contributed by atoms with Crippen molar-refractivity contribution in [2.24, 2.45) is 0 Å². The van der Waals surface area contributed by atoms with E-state index < -0.39 is 14.8 Å². The quantitative estimate of drug-likeness (QED) is 0.579. The van der Waals surface area contributed by atoms with Gasteiger partial charge in [-0.05, 0) is 29.0 Å². The van der Waals surface area contributed by atoms with Gasteiger partial charge in [0.2, 0.25) is 9.84 Å². The van der Waals surface area contributed by atoms with E-state index in [1.807, 2.05) is 6.92 Å². The van der Waals surface area contributed by atoms with Gasteiger partial charge in [-0.3, -0.25) is 10.1 Å². The molecule has 0 unspecified atom stereocenters. The van der Waals surface area contributed by atoms with Gasteiger partial charge in [-0.1, -0.05) is 18.4 Å². The minimum absolute atomic E-state index is 0.0448. The predicted octanol–water partition coefficient (Wildman–Crippen LogP) is 1.14. The molecule has 0 amide bonds. The van der Waals surface area contributed by atoms with Gasteiger partial charge in [0.15, 0.2) is 0 Å². The molecule has 0 fully saturated rings. The first-order chi connectivity index (χ1) is 9.95. The number of hydrogen-bond donors (Lipinski definition) is 0. The Labute approximate surface area is 120 Å². The summed E-state index contributed by atoms with van der Waals surface area (Å²) in [5.74, 6) is -0.0448. The van der Waals surface area contributed by atoms with Gasteiger partial charge in [-0.25, -0.2) is 8.42 Å². The van der Waals surface area contributed by atoms with Crippen molar-refractivity contribution in [3.05, 3.63) is 34.4 Å². The third kappa shape index (κ3) is 3.21. The van der Waals surface area contributed by atoms with E-state index in [-0.39, 0.29) is 16.6 Å². The van der Waals surface area contributed by atoms with Crippen LogP contribution in [-0.2, 0) is 9.84 Å². The third-order valence-electron chi connectivity index (χ3n) is 2.79. The summed E-state index contributed by atoms with van der Waals surface area (Å²) < 4.78 is 25.4. The molecule has 0 atom stereocenters. The monoisotopic (exact) mass is 311 g/mol. The van der Waals surface area contributed by atoms with Crippen molar-refractivity contribution in [2.75, 3.05) is 5.75 Å². The summed E-state index contributed by atoms with van der Waals surface area (Å²) in [4.78, 5) is 10.1. The number of unbranched alkanes of at least 4 members (excludes halogenated alkanes) is 1. The SMILES string of the molecule is CCCCS(=O)(=O)c1nnnn1-c1ccc([N+](=O)[O-])cc1. The highest BCUT2D eigenvalue weighted by Crippen LogP contribution is 2.17. The van der Waals surface area contributed by atoms with E-state index in [0.717, 1.165) is 11.1 Å². The van der Waals surface area contributed by atoms with Crippen LogP contribution in [0.1, 0.15) is 19.8 Å². The molecule has 0 aliphatic carbocycles. The molecule has 0 aliphatic heterocycles. The Morgan fingerprint density at radius 2 is 1.95 bits per heavy atom. The lowest BCUT2D eigenvalue weighted by molar-refractivity contribution is -0.384. The first-order valence-electron chi connectivity index (χ1n) is 6.21. The fourth-order valence-electron chi connectivity index (χ4n) is 1.68. The number of rotatable bonds is 6. The average molecular weight is 311 g/mol. The topological polar surface area (TPSA) is 121 Å². The predicted molar refractivity (Wildman–Crippen MR) is 72.8 cm³/mol. The van der Waals surface area contributed by atoms with Gasteiger partial charge < -0.3 is 0 Å². The van der Waals surface area contributed by atoms with Crippen molar-refractivity contribution in [1.82, 2.24) is 20.2 Å². The molecule has 112 valence electrons. The number of hydrogen-bond acceptors (Lipinski definition) is 7. The third-order valence-corrected chi connectivity index (χ3v) is 4.43. The molecule has 10 heteroatoms. The van der Waals surface area contributed by atoms with Gasteiger partial charge in [-0.2, -0.15) is 4.68 Å². The van der Waals surface area contributed by atoms with E-state index in [0.29, 0.717) is 12.1 Å². The van der Waals surface area contributed by atoms with Crippen LogP contribution in [0.5, 0.6) is 0 Å². The van der Waals surface area contributed by atoms with E-state index in [9.17, 15) is 18.5 Å². The summed E-state index contributed by atoms with van der Waals surface area (Å²) in [6.45, 7) is 1.88. The zero-order chi connectivity index (χ0) is 15.5. The fraction of sp³-hybridized carbons (Fsp3) is 0.364. The van der Waals surface area contributed by atoms with Crippen LogP contribution in [0, 0.1) is 10.1 Å². The summed E-state index contributed by atoms with van der Waals surface area (Å²) in [6.07, 6.45) is 1.24. The van der Waals surface area contributed by atoms with E-state index in [2.05, 4.69) is 15.5 Å². The van der Waals surface area contributed by atoms with Crippen molar-refractivity contribution in [1.29, 1.82) is 0 Å². The Morgan fingerprint density at radius 3 is 2.52 bits per heavy atom. The molecule has 0 spiro atoms. The summed E-state index contributed by atoms with van der Waals surface area (Å²) in [6, 6.07) is 5.32. The molecular weight excluding hydrogens is 298 g/mol. The molecule has 9 nitrogen and oxygen atoms in total. The maximum absolute atomic E-state index is 12.1. The molecule has 0 aliphatic rings. The van der Waals surface area contributed by atoms with Gasteiger partial charge in [-0.15, -0.1) is 0 Å². The summed E-state index contributed by atoms with van der Waals surface area (Å²) in [5.41, 5.74) is 0.253. The largest absolute Gasteiger partial charge is 0.272 e. The lowest BCUT2D eigenvalue weighted by Crippen LogP contribution is -2.14. The zero-order valence-electron chi connectivity index (χ0n) is 11.2. The minimum Gasteiger partial charge on any atom is -0.258 e. The number of nitro groups is 1. The van der Waals surface area contributed by atoms with Gasteiger partial charge in [0.1, 0.15) is 0 Å². The van der Waals surface area contributed by atoms with Gasteiger partial charge in [0.05, 0.1) is 16.4 Å². The highest BCUT2D eigenvalue weighted by molar-refractivity contribution is 7.91. The Bertz CT molecular complexity index is 738. The Kier molecular flexibility index (Phi) is 4.26. The molecule has 0 N–H and O–H groups in total. The van der Waals surface area contributed by atoms with Crippen LogP contribution in [0.2, 0.25) is 0 Å². The minimum atomic E-state index is -3.59. The van der Waals surface area contributed by atoms with Crippen molar-refractivity contribution < 1.29 is 13.3 Å². The van der Waals surface area contributed by atoms with E-state index in [1.165, 1.54) is 24.3 Å². The molecule has 0 saturated heterocycles. The molecule has 0 saturated carbocycles. The Hall–Kier alpha value is -2.36. The smallest absolute Gasteiger partial charge is 0.258 e. The summed E-state index contributed by atoms with van der Waals surface area (Å²) in [5, 5.41) is 20.9. The van der Waals surface area contributed by atoms with E-state index >= 15 is 0 Å². The van der Waals surface area contributed by atoms with E-state index in [1.54, 1.807) is 0 Å². The second-order valence-corrected chi connectivity index (χ2v) is 6.32. The van der Waals surface area contributed by atoms with Crippen molar-refractivity contribution in [3.63, 3.8) is 0 Å².